The number of carbonyl (C=O) groups excluding carboxylic acids is 5. The SMILES string of the molecule is C=CCOC(=O)N[C@H](C(=O)N[C@@H](Cc1ccccc1)C(=O)OCCOCCOC)[C@@H](C)OP(=O)(OCC=C)OC[C@H]1O[C@@H](n2cnc3c(NC(=O)Cc4ccccc4)ncnc32)C[C@@H]1OC(C)=O. The second-order valence-electron chi connectivity index (χ2n) is 14.9. The molecule has 5 rings (SSSR count). The van der Waals surface area contributed by atoms with Gasteiger partial charge in [0.25, 0.3) is 0 Å². The summed E-state index contributed by atoms with van der Waals surface area (Å²) in [6, 6.07) is 15.0. The lowest BCUT2D eigenvalue weighted by atomic mass is 10.0. The van der Waals surface area contributed by atoms with E-state index in [9.17, 15) is 28.5 Å². The van der Waals surface area contributed by atoms with E-state index in [0.717, 1.165) is 5.56 Å². The number of nitrogens with one attached hydrogen (secondary N) is 3. The Balaban J connectivity index is 1.32. The molecule has 1 fully saturated rings. The van der Waals surface area contributed by atoms with Crippen LogP contribution in [0, 0.1) is 0 Å². The molecule has 4 aromatic rings. The maximum absolute atomic E-state index is 14.4. The van der Waals surface area contributed by atoms with Gasteiger partial charge in [-0.2, -0.15) is 0 Å². The molecule has 3 amide bonds. The van der Waals surface area contributed by atoms with Gasteiger partial charge in [-0.1, -0.05) is 79.4 Å². The van der Waals surface area contributed by atoms with Gasteiger partial charge in [0.15, 0.2) is 17.0 Å². The maximum Gasteiger partial charge on any atom is 0.475 e. The van der Waals surface area contributed by atoms with Crippen molar-refractivity contribution in [2.75, 3.05) is 58.7 Å². The smallest absolute Gasteiger partial charge is 0.462 e. The summed E-state index contributed by atoms with van der Waals surface area (Å²) in [5, 5.41) is 7.78. The number of anilines is 1. The number of hydrogen-bond donors (Lipinski definition) is 3. The number of hydrogen-bond acceptors (Lipinski definition) is 18. The molecule has 1 aliphatic rings. The summed E-state index contributed by atoms with van der Waals surface area (Å²) in [5.41, 5.74) is 2.02. The lowest BCUT2D eigenvalue weighted by molar-refractivity contribution is -0.150. The Labute approximate surface area is 392 Å². The molecule has 2 aromatic heterocycles. The van der Waals surface area contributed by atoms with Crippen LogP contribution in [0.4, 0.5) is 10.6 Å². The van der Waals surface area contributed by atoms with Gasteiger partial charge in [0, 0.05) is 26.9 Å². The Kier molecular flexibility index (Phi) is 20.7. The number of nitrogens with zero attached hydrogens (tertiary/aromatic N) is 4. The third kappa shape index (κ3) is 16.1. The predicted molar refractivity (Wildman–Crippen MR) is 243 cm³/mol. The number of carbonyl (C=O) groups is 5. The van der Waals surface area contributed by atoms with Crippen LogP contribution in [-0.2, 0) is 78.6 Å². The highest BCUT2D eigenvalue weighted by Gasteiger charge is 2.43. The molecule has 1 saturated heterocycles. The van der Waals surface area contributed by atoms with Gasteiger partial charge in [-0.25, -0.2) is 29.1 Å². The number of imidazole rings is 1. The number of ether oxygens (including phenoxy) is 6. The first-order chi connectivity index (χ1) is 32.8. The minimum Gasteiger partial charge on any atom is -0.462 e. The van der Waals surface area contributed by atoms with E-state index >= 15 is 0 Å². The highest BCUT2D eigenvalue weighted by atomic mass is 31.2. The van der Waals surface area contributed by atoms with Crippen molar-refractivity contribution in [3.05, 3.63) is 110 Å². The summed E-state index contributed by atoms with van der Waals surface area (Å²) < 4.78 is 65.9. The minimum absolute atomic E-state index is 0.0109. The molecule has 3 heterocycles. The summed E-state index contributed by atoms with van der Waals surface area (Å²) in [4.78, 5) is 78.6. The molecular formula is C45H56N7O15P. The Morgan fingerprint density at radius 3 is 2.29 bits per heavy atom. The number of methoxy groups -OCH3 is 1. The largest absolute Gasteiger partial charge is 0.475 e. The van der Waals surface area contributed by atoms with E-state index in [1.807, 2.05) is 30.3 Å². The van der Waals surface area contributed by atoms with Crippen molar-refractivity contribution in [2.24, 2.45) is 0 Å². The van der Waals surface area contributed by atoms with Gasteiger partial charge in [0.1, 0.15) is 50.1 Å². The van der Waals surface area contributed by atoms with E-state index in [2.05, 4.69) is 44.1 Å². The molecule has 7 atom stereocenters. The number of rotatable bonds is 28. The monoisotopic (exact) mass is 965 g/mol. The van der Waals surface area contributed by atoms with Crippen LogP contribution in [0.25, 0.3) is 11.2 Å². The van der Waals surface area contributed by atoms with Crippen molar-refractivity contribution in [3.8, 4) is 0 Å². The fourth-order valence-corrected chi connectivity index (χ4v) is 8.03. The van der Waals surface area contributed by atoms with Crippen molar-refractivity contribution < 1.29 is 70.5 Å². The Morgan fingerprint density at radius 2 is 1.60 bits per heavy atom. The van der Waals surface area contributed by atoms with Crippen LogP contribution < -0.4 is 16.0 Å². The Hall–Kier alpha value is -6.39. The highest BCUT2D eigenvalue weighted by molar-refractivity contribution is 7.48. The van der Waals surface area contributed by atoms with Crippen LogP contribution in [0.2, 0.25) is 0 Å². The Bertz CT molecular complexity index is 2360. The average molecular weight is 966 g/mol. The molecule has 0 radical (unpaired) electrons. The van der Waals surface area contributed by atoms with E-state index in [4.69, 9.17) is 42.0 Å². The number of phosphoric ester groups is 1. The van der Waals surface area contributed by atoms with Crippen molar-refractivity contribution >= 4 is 54.7 Å². The second-order valence-corrected chi connectivity index (χ2v) is 16.6. The van der Waals surface area contributed by atoms with Crippen molar-refractivity contribution in [1.29, 1.82) is 0 Å². The lowest BCUT2D eigenvalue weighted by Gasteiger charge is -2.29. The molecule has 2 aromatic carbocycles. The van der Waals surface area contributed by atoms with Crippen molar-refractivity contribution in [3.63, 3.8) is 0 Å². The zero-order chi connectivity index (χ0) is 48.9. The fourth-order valence-electron chi connectivity index (χ4n) is 6.69. The quantitative estimate of drug-likeness (QED) is 0.0237. The topological polar surface area (TPSA) is 265 Å². The number of benzene rings is 2. The Morgan fingerprint density at radius 1 is 0.897 bits per heavy atom. The van der Waals surface area contributed by atoms with E-state index in [1.165, 1.54) is 45.8 Å². The summed E-state index contributed by atoms with van der Waals surface area (Å²) >= 11 is 0. The number of fused-ring (bicyclic) bond motifs is 1. The van der Waals surface area contributed by atoms with Crippen LogP contribution in [0.1, 0.15) is 37.6 Å². The lowest BCUT2D eigenvalue weighted by Crippen LogP contribution is -2.56. The van der Waals surface area contributed by atoms with E-state index < -0.39 is 75.0 Å². The van der Waals surface area contributed by atoms with Gasteiger partial charge in [0.2, 0.25) is 11.8 Å². The maximum atomic E-state index is 14.4. The third-order valence-electron chi connectivity index (χ3n) is 9.82. The first-order valence-corrected chi connectivity index (χ1v) is 22.9. The number of alkyl carbamates (subject to hydrolysis) is 1. The highest BCUT2D eigenvalue weighted by Crippen LogP contribution is 2.52. The standard InChI is InChI=1S/C45H56N7O15P/c1-6-18-62-45(57)51-39(43(55)49-34(24-32-14-10-8-11-15-32)44(56)61-23-22-60-21-20-59-5)30(3)67-68(58,63-19-7-2)64-27-36-35(65-31(4)53)26-38(66-36)52-29-48-40-41(46-28-47-42(40)52)50-37(54)25-33-16-12-9-13-17-33/h6-17,28-30,34-36,38-39H,1-2,18-27H2,3-5H3,(H,49,55)(H,51,57)(H,46,47,50,54)/t30-,34+,35+,36-,38-,39+,68?/m1/s1. The summed E-state index contributed by atoms with van der Waals surface area (Å²) in [5.74, 6) is -2.56. The van der Waals surface area contributed by atoms with Gasteiger partial charge in [-0.15, -0.1) is 6.58 Å². The molecule has 22 nitrogen and oxygen atoms in total. The van der Waals surface area contributed by atoms with Crippen LogP contribution in [-0.4, -0.2) is 133 Å². The predicted octanol–water partition coefficient (Wildman–Crippen LogP) is 4.17. The molecule has 0 spiro atoms. The zero-order valence-corrected chi connectivity index (χ0v) is 38.8. The van der Waals surface area contributed by atoms with Crippen LogP contribution >= 0.6 is 7.82 Å². The molecule has 0 aliphatic carbocycles. The first kappa shape index (κ1) is 52.6. The van der Waals surface area contributed by atoms with Gasteiger partial charge in [-0.3, -0.25) is 32.5 Å². The van der Waals surface area contributed by atoms with Gasteiger partial charge in [0.05, 0.1) is 51.9 Å². The number of aromatic nitrogens is 4. The first-order valence-electron chi connectivity index (χ1n) is 21.5. The van der Waals surface area contributed by atoms with E-state index in [-0.39, 0.29) is 75.2 Å². The second kappa shape index (κ2) is 26.8. The average Bonchev–Trinajstić information content (AvgIpc) is 3.94. The van der Waals surface area contributed by atoms with Crippen LogP contribution in [0.3, 0.4) is 0 Å². The zero-order valence-electron chi connectivity index (χ0n) is 37.9. The van der Waals surface area contributed by atoms with E-state index in [0.29, 0.717) is 12.2 Å². The molecular weight excluding hydrogens is 910 g/mol. The van der Waals surface area contributed by atoms with Gasteiger partial charge >= 0.3 is 25.9 Å². The van der Waals surface area contributed by atoms with Crippen molar-refractivity contribution in [2.45, 2.75) is 69.7 Å². The van der Waals surface area contributed by atoms with E-state index in [1.54, 1.807) is 34.9 Å². The number of esters is 2. The summed E-state index contributed by atoms with van der Waals surface area (Å²) in [6.07, 6.45) is -0.115. The number of amides is 3. The van der Waals surface area contributed by atoms with Crippen LogP contribution in [0.5, 0.6) is 0 Å². The molecule has 23 heteroatoms. The number of phosphoric acid groups is 1. The third-order valence-corrected chi connectivity index (χ3v) is 11.3. The molecule has 366 valence electrons. The normalized spacial score (nSPS) is 17.7. The molecule has 68 heavy (non-hydrogen) atoms. The summed E-state index contributed by atoms with van der Waals surface area (Å²) in [6.45, 7) is 9.04. The molecule has 1 unspecified atom stereocenters. The summed E-state index contributed by atoms with van der Waals surface area (Å²) in [7, 11) is -3.22. The van der Waals surface area contributed by atoms with Gasteiger partial charge < -0.3 is 44.4 Å². The minimum atomic E-state index is -4.74. The van der Waals surface area contributed by atoms with Crippen LogP contribution in [0.15, 0.2) is 98.6 Å². The molecule has 0 bridgehead atoms. The fraction of sp³-hybridized carbons (Fsp3) is 0.422. The molecule has 3 N–H and O–H groups in total. The molecule has 1 aliphatic heterocycles. The van der Waals surface area contributed by atoms with Gasteiger partial charge in [-0.05, 0) is 18.1 Å². The van der Waals surface area contributed by atoms with Crippen molar-refractivity contribution in [1.82, 2.24) is 30.2 Å². The molecule has 0 saturated carbocycles.